The molecule has 0 unspecified atom stereocenters. The number of anilines is 1. The average Bonchev–Trinajstić information content (AvgIpc) is 2.38. The van der Waals surface area contributed by atoms with Crippen LogP contribution in [0.25, 0.3) is 0 Å². The van der Waals surface area contributed by atoms with E-state index in [1.165, 1.54) is 5.69 Å². The molecule has 0 saturated carbocycles. The van der Waals surface area contributed by atoms with Crippen molar-refractivity contribution in [1.82, 2.24) is 5.32 Å². The molecular weight excluding hydrogens is 248 g/mol. The Bertz CT molecular complexity index is 395. The first kappa shape index (κ1) is 16.5. The van der Waals surface area contributed by atoms with E-state index in [0.29, 0.717) is 6.42 Å². The number of hydrogen-bond acceptors (Lipinski definition) is 2. The van der Waals surface area contributed by atoms with E-state index in [1.807, 2.05) is 6.07 Å². The van der Waals surface area contributed by atoms with Gasteiger partial charge in [0.2, 0.25) is 5.91 Å². The lowest BCUT2D eigenvalue weighted by atomic mass is 9.92. The summed E-state index contributed by atoms with van der Waals surface area (Å²) in [6.07, 6.45) is 1.56. The van der Waals surface area contributed by atoms with Crippen molar-refractivity contribution in [3.05, 3.63) is 30.3 Å². The predicted octanol–water partition coefficient (Wildman–Crippen LogP) is 3.46. The molecule has 0 heterocycles. The van der Waals surface area contributed by atoms with E-state index in [0.717, 1.165) is 26.1 Å². The maximum atomic E-state index is 11.7. The number of nitrogens with zero attached hydrogens (tertiary/aromatic N) is 1. The minimum atomic E-state index is 0.0591. The number of hydrogen-bond donors (Lipinski definition) is 1. The molecule has 1 amide bonds. The molecule has 20 heavy (non-hydrogen) atoms. The van der Waals surface area contributed by atoms with Gasteiger partial charge in [-0.3, -0.25) is 4.79 Å². The lowest BCUT2D eigenvalue weighted by molar-refractivity contribution is -0.122. The standard InChI is InChI=1S/C17H28N2O/c1-5-19(15-10-7-6-8-11-15)13-9-12-18-16(20)14-17(2,3)4/h6-8,10-11H,5,9,12-14H2,1-4H3,(H,18,20). The zero-order valence-corrected chi connectivity index (χ0v) is 13.3. The second-order valence-corrected chi connectivity index (χ2v) is 6.36. The number of para-hydroxylation sites is 1. The summed E-state index contributed by atoms with van der Waals surface area (Å²) in [5.74, 6) is 0.153. The second kappa shape index (κ2) is 7.93. The highest BCUT2D eigenvalue weighted by Gasteiger charge is 2.15. The molecule has 0 radical (unpaired) electrons. The largest absolute Gasteiger partial charge is 0.372 e. The highest BCUT2D eigenvalue weighted by molar-refractivity contribution is 5.76. The summed E-state index contributed by atoms with van der Waals surface area (Å²) < 4.78 is 0. The van der Waals surface area contributed by atoms with E-state index < -0.39 is 0 Å². The summed E-state index contributed by atoms with van der Waals surface area (Å²) in [6.45, 7) is 11.1. The topological polar surface area (TPSA) is 32.3 Å². The number of nitrogens with one attached hydrogen (secondary N) is 1. The molecule has 3 heteroatoms. The Labute approximate surface area is 123 Å². The fraction of sp³-hybridized carbons (Fsp3) is 0.588. The molecule has 0 spiro atoms. The van der Waals surface area contributed by atoms with Gasteiger partial charge in [-0.15, -0.1) is 0 Å². The third-order valence-electron chi connectivity index (χ3n) is 3.12. The highest BCUT2D eigenvalue weighted by Crippen LogP contribution is 2.17. The van der Waals surface area contributed by atoms with Gasteiger partial charge in [-0.25, -0.2) is 0 Å². The van der Waals surface area contributed by atoms with Gasteiger partial charge in [0.25, 0.3) is 0 Å². The highest BCUT2D eigenvalue weighted by atomic mass is 16.1. The van der Waals surface area contributed by atoms with E-state index >= 15 is 0 Å². The van der Waals surface area contributed by atoms with Crippen molar-refractivity contribution < 1.29 is 4.79 Å². The van der Waals surface area contributed by atoms with Crippen molar-refractivity contribution in [3.8, 4) is 0 Å². The molecule has 0 bridgehead atoms. The van der Waals surface area contributed by atoms with Crippen molar-refractivity contribution in [1.29, 1.82) is 0 Å². The first-order chi connectivity index (χ1) is 9.42. The van der Waals surface area contributed by atoms with Crippen molar-refractivity contribution in [2.45, 2.75) is 40.5 Å². The van der Waals surface area contributed by atoms with E-state index in [-0.39, 0.29) is 11.3 Å². The van der Waals surface area contributed by atoms with Crippen molar-refractivity contribution >= 4 is 11.6 Å². The summed E-state index contributed by atoms with van der Waals surface area (Å²) in [5, 5.41) is 3.00. The molecule has 112 valence electrons. The Morgan fingerprint density at radius 2 is 1.85 bits per heavy atom. The van der Waals surface area contributed by atoms with E-state index in [1.54, 1.807) is 0 Å². The van der Waals surface area contributed by atoms with Gasteiger partial charge in [-0.05, 0) is 30.9 Å². The first-order valence-electron chi connectivity index (χ1n) is 7.49. The lowest BCUT2D eigenvalue weighted by Gasteiger charge is -2.23. The Morgan fingerprint density at radius 1 is 1.20 bits per heavy atom. The molecule has 1 rings (SSSR count). The van der Waals surface area contributed by atoms with Crippen molar-refractivity contribution in [2.24, 2.45) is 5.41 Å². The van der Waals surface area contributed by atoms with Gasteiger partial charge in [0.05, 0.1) is 0 Å². The van der Waals surface area contributed by atoms with Gasteiger partial charge in [0.15, 0.2) is 0 Å². The molecule has 0 saturated heterocycles. The molecule has 0 aromatic heterocycles. The number of benzene rings is 1. The van der Waals surface area contributed by atoms with Gasteiger partial charge in [-0.1, -0.05) is 39.0 Å². The van der Waals surface area contributed by atoms with Gasteiger partial charge in [0, 0.05) is 31.7 Å². The van der Waals surface area contributed by atoms with Crippen molar-refractivity contribution in [3.63, 3.8) is 0 Å². The van der Waals surface area contributed by atoms with Crippen LogP contribution in [0.1, 0.15) is 40.5 Å². The van der Waals surface area contributed by atoms with E-state index in [9.17, 15) is 4.79 Å². The van der Waals surface area contributed by atoms with Gasteiger partial charge in [0.1, 0.15) is 0 Å². The predicted molar refractivity (Wildman–Crippen MR) is 86.0 cm³/mol. The van der Waals surface area contributed by atoms with Crippen LogP contribution in [0.4, 0.5) is 5.69 Å². The number of carbonyl (C=O) groups is 1. The van der Waals surface area contributed by atoms with Crippen molar-refractivity contribution in [2.75, 3.05) is 24.5 Å². The minimum Gasteiger partial charge on any atom is -0.372 e. The minimum absolute atomic E-state index is 0.0591. The molecule has 1 aromatic rings. The summed E-state index contributed by atoms with van der Waals surface area (Å²) in [7, 11) is 0. The van der Waals surface area contributed by atoms with Crippen LogP contribution < -0.4 is 10.2 Å². The number of carbonyl (C=O) groups excluding carboxylic acids is 1. The molecule has 3 nitrogen and oxygen atoms in total. The summed E-state index contributed by atoms with van der Waals surface area (Å²) in [6, 6.07) is 10.4. The molecule has 0 fully saturated rings. The van der Waals surface area contributed by atoms with Crippen LogP contribution in [0, 0.1) is 5.41 Å². The molecule has 0 aliphatic heterocycles. The molecule has 1 N–H and O–H groups in total. The summed E-state index contributed by atoms with van der Waals surface area (Å²) in [5.41, 5.74) is 1.31. The SMILES string of the molecule is CCN(CCCNC(=O)CC(C)(C)C)c1ccccc1. The van der Waals surface area contributed by atoms with Crippen LogP contribution in [-0.4, -0.2) is 25.5 Å². The van der Waals surface area contributed by atoms with E-state index in [4.69, 9.17) is 0 Å². The van der Waals surface area contributed by atoms with Crippen LogP contribution >= 0.6 is 0 Å². The third kappa shape index (κ3) is 6.60. The van der Waals surface area contributed by atoms with Gasteiger partial charge < -0.3 is 10.2 Å². The summed E-state index contributed by atoms with van der Waals surface area (Å²) in [4.78, 5) is 14.0. The monoisotopic (exact) mass is 276 g/mol. The van der Waals surface area contributed by atoms with Crippen LogP contribution in [0.2, 0.25) is 0 Å². The van der Waals surface area contributed by atoms with Gasteiger partial charge in [-0.2, -0.15) is 0 Å². The molecule has 0 aliphatic carbocycles. The Balaban J connectivity index is 2.28. The maximum absolute atomic E-state index is 11.7. The fourth-order valence-corrected chi connectivity index (χ4v) is 2.15. The third-order valence-corrected chi connectivity index (χ3v) is 3.12. The lowest BCUT2D eigenvalue weighted by Crippen LogP contribution is -2.31. The quantitative estimate of drug-likeness (QED) is 0.774. The molecule has 0 atom stereocenters. The second-order valence-electron chi connectivity index (χ2n) is 6.36. The Hall–Kier alpha value is -1.51. The van der Waals surface area contributed by atoms with Crippen LogP contribution in [-0.2, 0) is 4.79 Å². The fourth-order valence-electron chi connectivity index (χ4n) is 2.15. The van der Waals surface area contributed by atoms with Gasteiger partial charge >= 0.3 is 0 Å². The number of amides is 1. The molecular formula is C17H28N2O. The van der Waals surface area contributed by atoms with Crippen LogP contribution in [0.3, 0.4) is 0 Å². The average molecular weight is 276 g/mol. The Morgan fingerprint density at radius 3 is 2.40 bits per heavy atom. The number of rotatable bonds is 7. The normalized spacial score (nSPS) is 11.2. The summed E-state index contributed by atoms with van der Waals surface area (Å²) >= 11 is 0. The van der Waals surface area contributed by atoms with Crippen LogP contribution in [0.5, 0.6) is 0 Å². The zero-order chi connectivity index (χ0) is 15.0. The zero-order valence-electron chi connectivity index (χ0n) is 13.3. The smallest absolute Gasteiger partial charge is 0.220 e. The van der Waals surface area contributed by atoms with Crippen LogP contribution in [0.15, 0.2) is 30.3 Å². The maximum Gasteiger partial charge on any atom is 0.220 e. The molecule has 1 aromatic carbocycles. The first-order valence-corrected chi connectivity index (χ1v) is 7.49. The Kier molecular flexibility index (Phi) is 6.56. The molecule has 0 aliphatic rings. The van der Waals surface area contributed by atoms with E-state index in [2.05, 4.69) is 62.2 Å².